The van der Waals surface area contributed by atoms with Crippen LogP contribution < -0.4 is 0 Å². The average Bonchev–Trinajstić information content (AvgIpc) is 2.50. The Morgan fingerprint density at radius 3 is 2.22 bits per heavy atom. The first-order valence-electron chi connectivity index (χ1n) is 7.60. The third kappa shape index (κ3) is 4.25. The summed E-state index contributed by atoms with van der Waals surface area (Å²) in [6, 6.07) is 0. The van der Waals surface area contributed by atoms with Gasteiger partial charge in [-0.05, 0) is 25.3 Å². The number of allylic oxidation sites excluding steroid dienone is 1. The van der Waals surface area contributed by atoms with Crippen LogP contribution in [-0.4, -0.2) is 44.9 Å². The summed E-state index contributed by atoms with van der Waals surface area (Å²) in [5.41, 5.74) is 0.266. The first-order chi connectivity index (χ1) is 10.7. The second-order valence-corrected chi connectivity index (χ2v) is 5.78. The second kappa shape index (κ2) is 8.01. The molecule has 0 radical (unpaired) electrons. The number of hydrogen-bond donors (Lipinski definition) is 3. The molecule has 0 amide bonds. The van der Waals surface area contributed by atoms with Gasteiger partial charge in [0.05, 0.1) is 17.9 Å². The maximum Gasteiger partial charge on any atom is 0.308 e. The summed E-state index contributed by atoms with van der Waals surface area (Å²) >= 11 is 0. The maximum absolute atomic E-state index is 12.3. The van der Waals surface area contributed by atoms with Gasteiger partial charge in [-0.25, -0.2) is 0 Å². The average molecular weight is 326 g/mol. The Kier molecular flexibility index (Phi) is 6.62. The van der Waals surface area contributed by atoms with E-state index in [0.29, 0.717) is 6.42 Å². The van der Waals surface area contributed by atoms with E-state index in [1.165, 1.54) is 6.08 Å². The second-order valence-electron chi connectivity index (χ2n) is 5.78. The number of ketones is 2. The Morgan fingerprint density at radius 1 is 1.17 bits per heavy atom. The zero-order valence-corrected chi connectivity index (χ0v) is 13.2. The first-order valence-corrected chi connectivity index (χ1v) is 7.60. The van der Waals surface area contributed by atoms with E-state index in [9.17, 15) is 34.5 Å². The van der Waals surface area contributed by atoms with Gasteiger partial charge in [0.1, 0.15) is 0 Å². The van der Waals surface area contributed by atoms with E-state index in [0.717, 1.165) is 0 Å². The van der Waals surface area contributed by atoms with Crippen molar-refractivity contribution in [3.63, 3.8) is 0 Å². The van der Waals surface area contributed by atoms with Crippen LogP contribution >= 0.6 is 0 Å². The molecule has 128 valence electrons. The van der Waals surface area contributed by atoms with Gasteiger partial charge in [-0.1, -0.05) is 19.4 Å². The van der Waals surface area contributed by atoms with E-state index in [4.69, 9.17) is 0 Å². The van der Waals surface area contributed by atoms with Crippen molar-refractivity contribution in [2.24, 2.45) is 17.8 Å². The molecule has 23 heavy (non-hydrogen) atoms. The minimum absolute atomic E-state index is 0.118. The Bertz CT molecular complexity index is 535. The molecule has 1 saturated carbocycles. The highest BCUT2D eigenvalue weighted by atomic mass is 16.4. The highest BCUT2D eigenvalue weighted by molar-refractivity contribution is 6.38. The van der Waals surface area contributed by atoms with Crippen molar-refractivity contribution >= 4 is 23.5 Å². The van der Waals surface area contributed by atoms with Crippen molar-refractivity contribution in [2.45, 2.75) is 45.6 Å². The van der Waals surface area contributed by atoms with Crippen LogP contribution in [0, 0.1) is 17.8 Å². The third-order valence-electron chi connectivity index (χ3n) is 4.31. The van der Waals surface area contributed by atoms with Crippen LogP contribution in [0.5, 0.6) is 0 Å². The minimum atomic E-state index is -1.50. The van der Waals surface area contributed by atoms with Gasteiger partial charge in [-0.3, -0.25) is 19.2 Å². The normalized spacial score (nSPS) is 31.3. The fourth-order valence-corrected chi connectivity index (χ4v) is 3.09. The molecule has 4 atom stereocenters. The maximum atomic E-state index is 12.3. The molecule has 3 N–H and O–H groups in total. The van der Waals surface area contributed by atoms with E-state index in [2.05, 4.69) is 0 Å². The van der Waals surface area contributed by atoms with E-state index in [1.54, 1.807) is 13.8 Å². The van der Waals surface area contributed by atoms with Crippen molar-refractivity contribution in [1.82, 2.24) is 0 Å². The predicted octanol–water partition coefficient (Wildman–Crippen LogP) is 1.04. The smallest absolute Gasteiger partial charge is 0.308 e. The lowest BCUT2D eigenvalue weighted by atomic mass is 9.74. The van der Waals surface area contributed by atoms with Crippen LogP contribution in [0.3, 0.4) is 0 Å². The van der Waals surface area contributed by atoms with Crippen LogP contribution in [0.1, 0.15) is 39.5 Å². The van der Waals surface area contributed by atoms with Crippen molar-refractivity contribution in [2.75, 3.05) is 0 Å². The number of carbonyl (C=O) groups is 4. The highest BCUT2D eigenvalue weighted by Crippen LogP contribution is 2.34. The van der Waals surface area contributed by atoms with Crippen molar-refractivity contribution in [3.05, 3.63) is 11.6 Å². The summed E-state index contributed by atoms with van der Waals surface area (Å²) < 4.78 is 0. The molecule has 0 bridgehead atoms. The fraction of sp³-hybridized carbons (Fsp3) is 0.625. The minimum Gasteiger partial charge on any atom is -0.481 e. The van der Waals surface area contributed by atoms with Crippen LogP contribution in [0.15, 0.2) is 11.6 Å². The van der Waals surface area contributed by atoms with Crippen molar-refractivity contribution in [1.29, 1.82) is 0 Å². The number of rotatable bonds is 4. The Labute approximate surface area is 134 Å². The molecule has 0 spiro atoms. The standard InChI is InChI=1S/C16H22O7/c1-3-5-9-13(16(22)23)10(15(20)21)6-8(4-2)11(17)7-12(18)14(9)19/h4,9-11,13,17H,3,5-7H2,1-2H3,(H,20,21)(H,22,23)/b8-4-. The molecule has 1 fully saturated rings. The van der Waals surface area contributed by atoms with Gasteiger partial charge in [0, 0.05) is 12.3 Å². The molecule has 4 unspecified atom stereocenters. The fourth-order valence-electron chi connectivity index (χ4n) is 3.09. The lowest BCUT2D eigenvalue weighted by Crippen LogP contribution is -2.40. The Morgan fingerprint density at radius 2 is 1.78 bits per heavy atom. The molecule has 1 aliphatic rings. The summed E-state index contributed by atoms with van der Waals surface area (Å²) in [4.78, 5) is 47.6. The Hall–Kier alpha value is -2.02. The quantitative estimate of drug-likeness (QED) is 0.520. The van der Waals surface area contributed by atoms with Gasteiger partial charge in [-0.2, -0.15) is 0 Å². The summed E-state index contributed by atoms with van der Waals surface area (Å²) in [7, 11) is 0. The summed E-state index contributed by atoms with van der Waals surface area (Å²) in [6.45, 7) is 3.30. The van der Waals surface area contributed by atoms with E-state index in [-0.39, 0.29) is 18.4 Å². The number of carbonyl (C=O) groups excluding carboxylic acids is 2. The van der Waals surface area contributed by atoms with Gasteiger partial charge in [-0.15, -0.1) is 0 Å². The molecular formula is C16H22O7. The number of aliphatic hydroxyl groups excluding tert-OH is 1. The lowest BCUT2D eigenvalue weighted by Gasteiger charge is -2.26. The molecular weight excluding hydrogens is 304 g/mol. The Balaban J connectivity index is 3.46. The van der Waals surface area contributed by atoms with Crippen LogP contribution in [0.2, 0.25) is 0 Å². The monoisotopic (exact) mass is 326 g/mol. The van der Waals surface area contributed by atoms with Gasteiger partial charge < -0.3 is 15.3 Å². The molecule has 0 heterocycles. The molecule has 0 aromatic rings. The number of hydrogen-bond acceptors (Lipinski definition) is 5. The third-order valence-corrected chi connectivity index (χ3v) is 4.31. The summed E-state index contributed by atoms with van der Waals surface area (Å²) in [5.74, 6) is -8.58. The van der Waals surface area contributed by atoms with Crippen LogP contribution in [-0.2, 0) is 19.2 Å². The zero-order valence-electron chi connectivity index (χ0n) is 13.2. The first kappa shape index (κ1) is 19.0. The predicted molar refractivity (Wildman–Crippen MR) is 79.7 cm³/mol. The molecule has 1 aliphatic carbocycles. The van der Waals surface area contributed by atoms with E-state index >= 15 is 0 Å². The number of carboxylic acid groups (broad SMARTS) is 2. The van der Waals surface area contributed by atoms with Crippen LogP contribution in [0.25, 0.3) is 0 Å². The number of Topliss-reactive ketones (excluding diaryl/α,β-unsaturated/α-hetero) is 2. The zero-order chi connectivity index (χ0) is 17.7. The molecule has 0 aromatic carbocycles. The molecule has 0 aliphatic heterocycles. The molecule has 0 aromatic heterocycles. The highest BCUT2D eigenvalue weighted by Gasteiger charge is 2.46. The molecule has 0 saturated heterocycles. The SMILES string of the molecule is C/C=C1/CC(C(=O)O)C(C(=O)O)C(CCC)C(=O)C(=O)CC1O. The topological polar surface area (TPSA) is 129 Å². The molecule has 7 nitrogen and oxygen atoms in total. The summed E-state index contributed by atoms with van der Waals surface area (Å²) in [6.07, 6.45) is 0.110. The van der Waals surface area contributed by atoms with E-state index < -0.39 is 53.8 Å². The van der Waals surface area contributed by atoms with Gasteiger partial charge in [0.2, 0.25) is 11.6 Å². The number of aliphatic hydroxyl groups is 1. The number of aliphatic carboxylic acids is 2. The van der Waals surface area contributed by atoms with Crippen molar-refractivity contribution in [3.8, 4) is 0 Å². The largest absolute Gasteiger partial charge is 0.481 e. The van der Waals surface area contributed by atoms with Crippen molar-refractivity contribution < 1.29 is 34.5 Å². The lowest BCUT2D eigenvalue weighted by molar-refractivity contribution is -0.158. The molecule has 7 heteroatoms. The number of carboxylic acids is 2. The summed E-state index contributed by atoms with van der Waals surface area (Å²) in [5, 5.41) is 29.0. The molecule has 1 rings (SSSR count). The van der Waals surface area contributed by atoms with Gasteiger partial charge in [0.15, 0.2) is 0 Å². The van der Waals surface area contributed by atoms with Gasteiger partial charge >= 0.3 is 11.9 Å². The van der Waals surface area contributed by atoms with E-state index in [1.807, 2.05) is 0 Å². The van der Waals surface area contributed by atoms with Crippen LogP contribution in [0.4, 0.5) is 0 Å². The van der Waals surface area contributed by atoms with Gasteiger partial charge in [0.25, 0.3) is 0 Å².